The van der Waals surface area contributed by atoms with Gasteiger partial charge in [0.1, 0.15) is 5.65 Å². The quantitative estimate of drug-likeness (QED) is 0.305. The van der Waals surface area contributed by atoms with Crippen LogP contribution < -0.4 is 0 Å². The van der Waals surface area contributed by atoms with Crippen molar-refractivity contribution in [1.29, 1.82) is 0 Å². The van der Waals surface area contributed by atoms with Crippen LogP contribution in [0.15, 0.2) is 42.7 Å². The molecule has 0 atom stereocenters. The number of pyridine rings is 1. The molecule has 0 saturated carbocycles. The van der Waals surface area contributed by atoms with E-state index in [9.17, 15) is 36.5 Å². The van der Waals surface area contributed by atoms with Crippen molar-refractivity contribution in [2.75, 3.05) is 0 Å². The summed E-state index contributed by atoms with van der Waals surface area (Å²) in [6.45, 7) is 2.79. The molecule has 0 bridgehead atoms. The Morgan fingerprint density at radius 2 is 1.70 bits per heavy atom. The summed E-state index contributed by atoms with van der Waals surface area (Å²) in [6.07, 6.45) is -7.23. The molecule has 160 valence electrons. The molecule has 0 aliphatic rings. The smallest absolute Gasteiger partial charge is 0.303 e. The van der Waals surface area contributed by atoms with Gasteiger partial charge >= 0.3 is 12.4 Å². The van der Waals surface area contributed by atoms with Gasteiger partial charge in [0.2, 0.25) is 5.54 Å². The number of halogens is 6. The monoisotopic (exact) mass is 431 g/mol. The molecule has 0 aliphatic carbocycles. The Labute approximate surface area is 166 Å². The first kappa shape index (κ1) is 21.6. The predicted octanol–water partition coefficient (Wildman–Crippen LogP) is 5.64. The Morgan fingerprint density at radius 3 is 2.27 bits per heavy atom. The van der Waals surface area contributed by atoms with E-state index in [4.69, 9.17) is 0 Å². The molecule has 30 heavy (non-hydrogen) atoms. The third-order valence-electron chi connectivity index (χ3n) is 4.66. The summed E-state index contributed by atoms with van der Waals surface area (Å²) < 4.78 is 80.8. The van der Waals surface area contributed by atoms with Crippen molar-refractivity contribution in [3.63, 3.8) is 0 Å². The van der Waals surface area contributed by atoms with Gasteiger partial charge in [-0.3, -0.25) is 10.1 Å². The third-order valence-corrected chi connectivity index (χ3v) is 4.66. The fraction of sp³-hybridized carbons (Fsp3) is 0.316. The molecule has 2 heterocycles. The Balaban J connectivity index is 2.20. The zero-order valence-electron chi connectivity index (χ0n) is 15.7. The molecule has 0 aliphatic heterocycles. The fourth-order valence-electron chi connectivity index (χ4n) is 3.10. The van der Waals surface area contributed by atoms with Crippen LogP contribution in [0, 0.1) is 10.1 Å². The van der Waals surface area contributed by atoms with Crippen molar-refractivity contribution < 1.29 is 31.3 Å². The molecular formula is C19H15F6N3O2. The first-order chi connectivity index (χ1) is 13.7. The molecule has 0 spiro atoms. The highest BCUT2D eigenvalue weighted by Crippen LogP contribution is 2.41. The maximum absolute atomic E-state index is 13.5. The van der Waals surface area contributed by atoms with Gasteiger partial charge in [0.25, 0.3) is 0 Å². The Kier molecular flexibility index (Phi) is 5.03. The van der Waals surface area contributed by atoms with Crippen molar-refractivity contribution in [3.8, 4) is 11.1 Å². The summed E-state index contributed by atoms with van der Waals surface area (Å²) in [5, 5.41) is 11.2. The normalized spacial score (nSPS) is 13.1. The summed E-state index contributed by atoms with van der Waals surface area (Å²) in [5.74, 6) is 0. The molecule has 1 aromatic carbocycles. The van der Waals surface area contributed by atoms with Gasteiger partial charge in [-0.05, 0) is 29.8 Å². The number of alkyl halides is 6. The van der Waals surface area contributed by atoms with E-state index in [1.54, 1.807) is 0 Å². The maximum Gasteiger partial charge on any atom is 0.417 e. The molecule has 5 nitrogen and oxygen atoms in total. The molecule has 0 unspecified atom stereocenters. The first-order valence-electron chi connectivity index (χ1n) is 8.60. The molecule has 0 N–H and O–H groups in total. The summed E-state index contributed by atoms with van der Waals surface area (Å²) in [4.78, 5) is 14.8. The predicted molar refractivity (Wildman–Crippen MR) is 95.4 cm³/mol. The van der Waals surface area contributed by atoms with E-state index in [1.807, 2.05) is 0 Å². The molecule has 3 aromatic rings. The van der Waals surface area contributed by atoms with Gasteiger partial charge < -0.3 is 4.40 Å². The zero-order valence-corrected chi connectivity index (χ0v) is 15.7. The number of hydrogen-bond acceptors (Lipinski definition) is 3. The van der Waals surface area contributed by atoms with Crippen LogP contribution in [0.1, 0.15) is 30.7 Å². The largest absolute Gasteiger partial charge is 0.417 e. The van der Waals surface area contributed by atoms with Gasteiger partial charge in [-0.15, -0.1) is 0 Å². The number of aromatic nitrogens is 2. The first-order valence-corrected chi connectivity index (χ1v) is 8.60. The Morgan fingerprint density at radius 1 is 1.03 bits per heavy atom. The number of nitrogens with zero attached hydrogens (tertiary/aromatic N) is 3. The third kappa shape index (κ3) is 3.96. The number of benzene rings is 1. The van der Waals surface area contributed by atoms with Crippen LogP contribution in [0.3, 0.4) is 0 Å². The van der Waals surface area contributed by atoms with E-state index in [-0.39, 0.29) is 23.7 Å². The topological polar surface area (TPSA) is 60.4 Å². The molecule has 0 amide bonds. The van der Waals surface area contributed by atoms with E-state index in [0.29, 0.717) is 11.8 Å². The van der Waals surface area contributed by atoms with E-state index in [1.165, 1.54) is 42.8 Å². The maximum atomic E-state index is 13.5. The van der Waals surface area contributed by atoms with E-state index < -0.39 is 39.5 Å². The van der Waals surface area contributed by atoms with Crippen molar-refractivity contribution in [2.45, 2.75) is 38.2 Å². The molecule has 0 saturated heterocycles. The van der Waals surface area contributed by atoms with Gasteiger partial charge in [-0.1, -0.05) is 6.07 Å². The van der Waals surface area contributed by atoms with Crippen molar-refractivity contribution in [2.24, 2.45) is 0 Å². The second-order valence-electron chi connectivity index (χ2n) is 7.37. The van der Waals surface area contributed by atoms with Gasteiger partial charge in [0.05, 0.1) is 17.5 Å². The zero-order chi connectivity index (χ0) is 22.5. The molecule has 0 fully saturated rings. The van der Waals surface area contributed by atoms with Gasteiger partial charge in [-0.2, -0.15) is 26.3 Å². The lowest BCUT2D eigenvalue weighted by molar-refractivity contribution is -0.560. The lowest BCUT2D eigenvalue weighted by Gasteiger charge is -2.17. The summed E-state index contributed by atoms with van der Waals surface area (Å²) in [5.41, 5.74) is -4.28. The van der Waals surface area contributed by atoms with Crippen LogP contribution >= 0.6 is 0 Å². The minimum Gasteiger partial charge on any atom is -0.303 e. The van der Waals surface area contributed by atoms with Crippen molar-refractivity contribution in [3.05, 3.63) is 69.7 Å². The molecule has 11 heteroatoms. The van der Waals surface area contributed by atoms with Crippen LogP contribution in [-0.4, -0.2) is 19.8 Å². The van der Waals surface area contributed by atoms with Crippen LogP contribution in [0.25, 0.3) is 16.8 Å². The highest BCUT2D eigenvalue weighted by Gasteiger charge is 2.39. The van der Waals surface area contributed by atoms with Crippen LogP contribution in [-0.2, 0) is 18.8 Å². The number of hydrogen-bond donors (Lipinski definition) is 0. The van der Waals surface area contributed by atoms with Gasteiger partial charge in [-0.25, -0.2) is 4.98 Å². The standard InChI is InChI=1S/C19H15F6N3O2/c1-17(2,28(29)30)9-12-10-26-16-14(4-3-7-27(12)16)13-6-5-11(18(20,21)22)8-15(13)19(23,24)25/h3-8,10H,9H2,1-2H3. The second kappa shape index (κ2) is 6.99. The number of imidazole rings is 1. The Hall–Kier alpha value is -3.11. The summed E-state index contributed by atoms with van der Waals surface area (Å²) >= 11 is 0. The lowest BCUT2D eigenvalue weighted by Crippen LogP contribution is -2.33. The SMILES string of the molecule is CC(C)(Cc1cnc2c(-c3ccc(C(F)(F)F)cc3C(F)(F)F)cccn12)[N+](=O)[O-]. The Bertz CT molecular complexity index is 1120. The van der Waals surface area contributed by atoms with E-state index in [0.717, 1.165) is 6.07 Å². The van der Waals surface area contributed by atoms with Gasteiger partial charge in [0.15, 0.2) is 0 Å². The minimum absolute atomic E-state index is 0.0382. The fourth-order valence-corrected chi connectivity index (χ4v) is 3.10. The minimum atomic E-state index is -5.04. The van der Waals surface area contributed by atoms with Crippen LogP contribution in [0.5, 0.6) is 0 Å². The van der Waals surface area contributed by atoms with E-state index in [2.05, 4.69) is 4.98 Å². The average molecular weight is 431 g/mol. The lowest BCUT2D eigenvalue weighted by atomic mass is 9.97. The highest BCUT2D eigenvalue weighted by atomic mass is 19.4. The van der Waals surface area contributed by atoms with Crippen LogP contribution in [0.2, 0.25) is 0 Å². The molecule has 2 aromatic heterocycles. The highest BCUT2D eigenvalue weighted by molar-refractivity contribution is 5.80. The molecule has 3 rings (SSSR count). The van der Waals surface area contributed by atoms with Crippen molar-refractivity contribution >= 4 is 5.65 Å². The average Bonchev–Trinajstić information content (AvgIpc) is 3.02. The number of fused-ring (bicyclic) bond motifs is 1. The molecular weight excluding hydrogens is 416 g/mol. The second-order valence-corrected chi connectivity index (χ2v) is 7.37. The van der Waals surface area contributed by atoms with E-state index >= 15 is 0 Å². The van der Waals surface area contributed by atoms with Crippen LogP contribution in [0.4, 0.5) is 26.3 Å². The summed E-state index contributed by atoms with van der Waals surface area (Å²) in [7, 11) is 0. The van der Waals surface area contributed by atoms with Gasteiger partial charge in [0, 0.05) is 42.4 Å². The van der Waals surface area contributed by atoms with Crippen molar-refractivity contribution in [1.82, 2.24) is 9.38 Å². The summed E-state index contributed by atoms with van der Waals surface area (Å²) in [6, 6.07) is 4.12. The molecule has 0 radical (unpaired) electrons. The number of nitro groups is 1. The number of rotatable bonds is 4.